The summed E-state index contributed by atoms with van der Waals surface area (Å²) in [5.41, 5.74) is 7.71. The lowest BCUT2D eigenvalue weighted by atomic mass is 10.0. The molecule has 0 aliphatic carbocycles. The van der Waals surface area contributed by atoms with Crippen molar-refractivity contribution in [2.45, 2.75) is 12.5 Å². The molecule has 3 nitrogen and oxygen atoms in total. The van der Waals surface area contributed by atoms with Gasteiger partial charge in [-0.2, -0.15) is 0 Å². The second kappa shape index (κ2) is 3.82. The molecule has 1 unspecified atom stereocenters. The van der Waals surface area contributed by atoms with Gasteiger partial charge >= 0.3 is 0 Å². The Morgan fingerprint density at radius 3 is 3.00 bits per heavy atom. The summed E-state index contributed by atoms with van der Waals surface area (Å²) in [7, 11) is 0. The second-order valence-electron chi connectivity index (χ2n) is 3.34. The standard InChI is InChI=1S/C11H13NO2/c12-10(3-5-13)9-2-1-8-4-6-14-11(8)7-9/h1-2,4,6-7,10,13H,3,5,12H2. The smallest absolute Gasteiger partial charge is 0.134 e. The monoisotopic (exact) mass is 191 g/mol. The molecule has 3 N–H and O–H groups in total. The highest BCUT2D eigenvalue weighted by Gasteiger charge is 2.06. The highest BCUT2D eigenvalue weighted by Crippen LogP contribution is 2.21. The van der Waals surface area contributed by atoms with Crippen molar-refractivity contribution in [2.24, 2.45) is 5.73 Å². The zero-order chi connectivity index (χ0) is 9.97. The summed E-state index contributed by atoms with van der Waals surface area (Å²) in [6.45, 7) is 0.108. The van der Waals surface area contributed by atoms with Crippen LogP contribution in [0.3, 0.4) is 0 Å². The number of furan rings is 1. The van der Waals surface area contributed by atoms with Crippen LogP contribution in [0.15, 0.2) is 34.9 Å². The van der Waals surface area contributed by atoms with Crippen LogP contribution in [-0.2, 0) is 0 Å². The maximum atomic E-state index is 8.77. The van der Waals surface area contributed by atoms with E-state index in [1.54, 1.807) is 6.26 Å². The van der Waals surface area contributed by atoms with E-state index in [1.807, 2.05) is 24.3 Å². The van der Waals surface area contributed by atoms with Crippen LogP contribution in [0.2, 0.25) is 0 Å². The Morgan fingerprint density at radius 1 is 1.36 bits per heavy atom. The Bertz CT molecular complexity index is 422. The molecule has 0 amide bonds. The van der Waals surface area contributed by atoms with E-state index >= 15 is 0 Å². The van der Waals surface area contributed by atoms with E-state index < -0.39 is 0 Å². The molecular weight excluding hydrogens is 178 g/mol. The molecule has 0 spiro atoms. The lowest BCUT2D eigenvalue weighted by Gasteiger charge is -2.09. The molecule has 0 saturated carbocycles. The average Bonchev–Trinajstić information content (AvgIpc) is 2.64. The molecule has 1 atom stereocenters. The van der Waals surface area contributed by atoms with Crippen LogP contribution in [-0.4, -0.2) is 11.7 Å². The number of rotatable bonds is 3. The first kappa shape index (κ1) is 9.24. The van der Waals surface area contributed by atoms with Gasteiger partial charge in [0.25, 0.3) is 0 Å². The van der Waals surface area contributed by atoms with Crippen molar-refractivity contribution in [2.75, 3.05) is 6.61 Å². The highest BCUT2D eigenvalue weighted by molar-refractivity contribution is 5.77. The van der Waals surface area contributed by atoms with Crippen molar-refractivity contribution < 1.29 is 9.52 Å². The number of benzene rings is 1. The third kappa shape index (κ3) is 1.64. The van der Waals surface area contributed by atoms with Gasteiger partial charge in [0.15, 0.2) is 0 Å². The first-order valence-electron chi connectivity index (χ1n) is 4.65. The van der Waals surface area contributed by atoms with E-state index in [0.29, 0.717) is 6.42 Å². The van der Waals surface area contributed by atoms with Crippen LogP contribution in [0.1, 0.15) is 18.0 Å². The quantitative estimate of drug-likeness (QED) is 0.777. The van der Waals surface area contributed by atoms with E-state index in [2.05, 4.69) is 0 Å². The predicted molar refractivity (Wildman–Crippen MR) is 54.8 cm³/mol. The van der Waals surface area contributed by atoms with Gasteiger partial charge in [-0.15, -0.1) is 0 Å². The van der Waals surface area contributed by atoms with Gasteiger partial charge < -0.3 is 15.3 Å². The number of aliphatic hydroxyl groups excluding tert-OH is 1. The molecule has 0 aliphatic heterocycles. The Labute approximate surface area is 82.1 Å². The van der Waals surface area contributed by atoms with Crippen LogP contribution >= 0.6 is 0 Å². The SMILES string of the molecule is NC(CCO)c1ccc2ccoc2c1. The highest BCUT2D eigenvalue weighted by atomic mass is 16.3. The number of hydrogen-bond donors (Lipinski definition) is 2. The number of nitrogens with two attached hydrogens (primary N) is 1. The van der Waals surface area contributed by atoms with Gasteiger partial charge in [-0.05, 0) is 24.1 Å². The van der Waals surface area contributed by atoms with Gasteiger partial charge in [0, 0.05) is 18.0 Å². The maximum Gasteiger partial charge on any atom is 0.134 e. The van der Waals surface area contributed by atoms with Gasteiger partial charge in [0.1, 0.15) is 5.58 Å². The maximum absolute atomic E-state index is 8.77. The fraction of sp³-hybridized carbons (Fsp3) is 0.273. The molecule has 0 bridgehead atoms. The Hall–Kier alpha value is -1.32. The summed E-state index contributed by atoms with van der Waals surface area (Å²) in [5.74, 6) is 0. The average molecular weight is 191 g/mol. The lowest BCUT2D eigenvalue weighted by molar-refractivity contribution is 0.276. The topological polar surface area (TPSA) is 59.4 Å². The zero-order valence-electron chi connectivity index (χ0n) is 7.81. The minimum Gasteiger partial charge on any atom is -0.464 e. The fourth-order valence-corrected chi connectivity index (χ4v) is 1.51. The summed E-state index contributed by atoms with van der Waals surface area (Å²) < 4.78 is 5.27. The molecule has 1 aromatic heterocycles. The lowest BCUT2D eigenvalue weighted by Crippen LogP contribution is -2.11. The summed E-state index contributed by atoms with van der Waals surface area (Å²) in [4.78, 5) is 0. The van der Waals surface area contributed by atoms with Crippen molar-refractivity contribution in [3.05, 3.63) is 36.1 Å². The van der Waals surface area contributed by atoms with E-state index in [4.69, 9.17) is 15.3 Å². The molecule has 14 heavy (non-hydrogen) atoms. The summed E-state index contributed by atoms with van der Waals surface area (Å²) >= 11 is 0. The largest absolute Gasteiger partial charge is 0.464 e. The normalized spacial score (nSPS) is 13.3. The van der Waals surface area contributed by atoms with Gasteiger partial charge in [-0.1, -0.05) is 12.1 Å². The van der Waals surface area contributed by atoms with Crippen molar-refractivity contribution in [1.29, 1.82) is 0 Å². The minimum atomic E-state index is -0.116. The molecule has 0 radical (unpaired) electrons. The van der Waals surface area contributed by atoms with Crippen LogP contribution in [0.25, 0.3) is 11.0 Å². The Balaban J connectivity index is 2.33. The van der Waals surface area contributed by atoms with Crippen molar-refractivity contribution >= 4 is 11.0 Å². The van der Waals surface area contributed by atoms with E-state index in [-0.39, 0.29) is 12.6 Å². The molecular formula is C11H13NO2. The summed E-state index contributed by atoms with van der Waals surface area (Å²) in [5, 5.41) is 9.84. The number of fused-ring (bicyclic) bond motifs is 1. The zero-order valence-corrected chi connectivity index (χ0v) is 7.81. The van der Waals surface area contributed by atoms with E-state index in [0.717, 1.165) is 16.5 Å². The molecule has 74 valence electrons. The summed E-state index contributed by atoms with van der Waals surface area (Å²) in [6, 6.07) is 7.67. The molecule has 2 aromatic rings. The van der Waals surface area contributed by atoms with Crippen molar-refractivity contribution in [1.82, 2.24) is 0 Å². The third-order valence-corrected chi connectivity index (χ3v) is 2.35. The molecule has 0 aliphatic rings. The third-order valence-electron chi connectivity index (χ3n) is 2.35. The Kier molecular flexibility index (Phi) is 2.52. The van der Waals surface area contributed by atoms with Crippen molar-refractivity contribution in [3.8, 4) is 0 Å². The van der Waals surface area contributed by atoms with E-state index in [1.165, 1.54) is 0 Å². The first-order chi connectivity index (χ1) is 6.81. The summed E-state index contributed by atoms with van der Waals surface area (Å²) in [6.07, 6.45) is 2.23. The minimum absolute atomic E-state index is 0.108. The Morgan fingerprint density at radius 2 is 2.21 bits per heavy atom. The molecule has 1 heterocycles. The number of hydrogen-bond acceptors (Lipinski definition) is 3. The second-order valence-corrected chi connectivity index (χ2v) is 3.34. The van der Waals surface area contributed by atoms with Crippen molar-refractivity contribution in [3.63, 3.8) is 0 Å². The first-order valence-corrected chi connectivity index (χ1v) is 4.65. The van der Waals surface area contributed by atoms with Gasteiger partial charge in [0.05, 0.1) is 6.26 Å². The molecule has 2 rings (SSSR count). The molecule has 0 fully saturated rings. The molecule has 0 saturated heterocycles. The van der Waals surface area contributed by atoms with Crippen LogP contribution in [0.5, 0.6) is 0 Å². The predicted octanol–water partition coefficient (Wildman–Crippen LogP) is 1.81. The van der Waals surface area contributed by atoms with Gasteiger partial charge in [-0.25, -0.2) is 0 Å². The fourth-order valence-electron chi connectivity index (χ4n) is 1.51. The van der Waals surface area contributed by atoms with Crippen LogP contribution in [0.4, 0.5) is 0 Å². The van der Waals surface area contributed by atoms with Gasteiger partial charge in [-0.3, -0.25) is 0 Å². The molecule has 3 heteroatoms. The molecule has 1 aromatic carbocycles. The van der Waals surface area contributed by atoms with Gasteiger partial charge in [0.2, 0.25) is 0 Å². The van der Waals surface area contributed by atoms with Crippen LogP contribution in [0, 0.1) is 0 Å². The number of aliphatic hydroxyl groups is 1. The van der Waals surface area contributed by atoms with Crippen LogP contribution < -0.4 is 5.73 Å². The van der Waals surface area contributed by atoms with E-state index in [9.17, 15) is 0 Å².